The number of rotatable bonds is 6. The Kier molecular flexibility index (Phi) is 5.27. The van der Waals surface area contributed by atoms with Gasteiger partial charge in [-0.05, 0) is 17.7 Å². The van der Waals surface area contributed by atoms with Gasteiger partial charge >= 0.3 is 0 Å². The average molecular weight is 363 g/mol. The van der Waals surface area contributed by atoms with E-state index in [9.17, 15) is 14.0 Å². The van der Waals surface area contributed by atoms with E-state index in [1.807, 2.05) is 5.38 Å². The fraction of sp³-hybridized carbons (Fsp3) is 0.188. The molecule has 0 spiro atoms. The van der Waals surface area contributed by atoms with Crippen LogP contribution in [0.5, 0.6) is 0 Å². The number of hydrogen-bond acceptors (Lipinski definition) is 5. The minimum absolute atomic E-state index is 0.113. The van der Waals surface area contributed by atoms with E-state index < -0.39 is 0 Å². The number of benzene rings is 1. The molecule has 5 nitrogen and oxygen atoms in total. The average Bonchev–Trinajstić information content (AvgIpc) is 3.03. The molecule has 1 amide bonds. The number of amides is 1. The van der Waals surface area contributed by atoms with Gasteiger partial charge in [0.05, 0.1) is 11.4 Å². The van der Waals surface area contributed by atoms with Gasteiger partial charge in [-0.25, -0.2) is 9.37 Å². The summed E-state index contributed by atoms with van der Waals surface area (Å²) in [5.74, 6) is 0.352. The van der Waals surface area contributed by atoms with Crippen LogP contribution in [0.4, 0.5) is 4.39 Å². The summed E-state index contributed by atoms with van der Waals surface area (Å²) in [6.45, 7) is 0.362. The Morgan fingerprint density at radius 3 is 2.92 bits per heavy atom. The molecule has 1 aromatic carbocycles. The first-order valence-electron chi connectivity index (χ1n) is 7.16. The van der Waals surface area contributed by atoms with Gasteiger partial charge in [0.25, 0.3) is 5.56 Å². The van der Waals surface area contributed by atoms with E-state index >= 15 is 0 Å². The number of carbonyl (C=O) groups excluding carboxylic acids is 1. The van der Waals surface area contributed by atoms with E-state index in [1.54, 1.807) is 18.3 Å². The maximum absolute atomic E-state index is 12.8. The lowest BCUT2D eigenvalue weighted by atomic mass is 10.2. The third-order valence-corrected chi connectivity index (χ3v) is 4.97. The van der Waals surface area contributed by atoms with Crippen molar-refractivity contribution in [2.75, 3.05) is 5.75 Å². The summed E-state index contributed by atoms with van der Waals surface area (Å²) in [4.78, 5) is 28.7. The van der Waals surface area contributed by atoms with Crippen LogP contribution >= 0.6 is 23.1 Å². The number of halogens is 1. The molecule has 0 saturated carbocycles. The summed E-state index contributed by atoms with van der Waals surface area (Å²) in [7, 11) is 0. The SMILES string of the molecule is O=C(CSCc1cc(=O)n2ccsc2n1)NCc1ccc(F)cc1. The van der Waals surface area contributed by atoms with Crippen LogP contribution in [-0.4, -0.2) is 21.0 Å². The smallest absolute Gasteiger partial charge is 0.258 e. The Labute approximate surface area is 145 Å². The summed E-state index contributed by atoms with van der Waals surface area (Å²) in [6.07, 6.45) is 1.69. The van der Waals surface area contributed by atoms with Crippen LogP contribution in [0.25, 0.3) is 4.96 Å². The Hall–Kier alpha value is -2.19. The van der Waals surface area contributed by atoms with E-state index in [1.165, 1.54) is 45.7 Å². The minimum Gasteiger partial charge on any atom is -0.351 e. The summed E-state index contributed by atoms with van der Waals surface area (Å²) in [5, 5.41) is 4.58. The molecule has 0 radical (unpaired) electrons. The second kappa shape index (κ2) is 7.59. The predicted octanol–water partition coefficient (Wildman–Crippen LogP) is 2.44. The van der Waals surface area contributed by atoms with Crippen molar-refractivity contribution in [1.29, 1.82) is 0 Å². The molecule has 0 aliphatic rings. The molecule has 0 bridgehead atoms. The van der Waals surface area contributed by atoms with Gasteiger partial charge in [0, 0.05) is 29.9 Å². The van der Waals surface area contributed by atoms with Crippen molar-refractivity contribution in [2.45, 2.75) is 12.3 Å². The Morgan fingerprint density at radius 2 is 2.12 bits per heavy atom. The van der Waals surface area contributed by atoms with Gasteiger partial charge in [0.1, 0.15) is 5.82 Å². The fourth-order valence-electron chi connectivity index (χ4n) is 2.06. The van der Waals surface area contributed by atoms with Crippen molar-refractivity contribution in [1.82, 2.24) is 14.7 Å². The lowest BCUT2D eigenvalue weighted by Crippen LogP contribution is -2.24. The van der Waals surface area contributed by atoms with Crippen LogP contribution in [0, 0.1) is 5.82 Å². The van der Waals surface area contributed by atoms with Crippen molar-refractivity contribution in [2.24, 2.45) is 0 Å². The molecular formula is C16H14FN3O2S2. The number of nitrogens with one attached hydrogen (secondary N) is 1. The second-order valence-electron chi connectivity index (χ2n) is 5.04. The summed E-state index contributed by atoms with van der Waals surface area (Å²) < 4.78 is 14.3. The minimum atomic E-state index is -0.299. The monoisotopic (exact) mass is 363 g/mol. The normalized spacial score (nSPS) is 10.9. The maximum Gasteiger partial charge on any atom is 0.258 e. The van der Waals surface area contributed by atoms with Crippen LogP contribution in [0.2, 0.25) is 0 Å². The third-order valence-electron chi connectivity index (χ3n) is 3.24. The summed E-state index contributed by atoms with van der Waals surface area (Å²) in [6, 6.07) is 7.48. The number of hydrogen-bond donors (Lipinski definition) is 1. The highest BCUT2D eigenvalue weighted by atomic mass is 32.2. The highest BCUT2D eigenvalue weighted by Crippen LogP contribution is 2.12. The molecule has 0 fully saturated rings. The number of thiazole rings is 1. The van der Waals surface area contributed by atoms with Crippen LogP contribution in [-0.2, 0) is 17.1 Å². The summed E-state index contributed by atoms with van der Waals surface area (Å²) in [5.41, 5.74) is 1.39. The fourth-order valence-corrected chi connectivity index (χ4v) is 3.55. The first-order chi connectivity index (χ1) is 11.6. The first kappa shape index (κ1) is 16.7. The van der Waals surface area contributed by atoms with Crippen LogP contribution in [0.3, 0.4) is 0 Å². The zero-order valence-electron chi connectivity index (χ0n) is 12.6. The van der Waals surface area contributed by atoms with Crippen molar-refractivity contribution in [3.05, 3.63) is 69.3 Å². The number of nitrogens with zero attached hydrogens (tertiary/aromatic N) is 2. The molecule has 8 heteroatoms. The van der Waals surface area contributed by atoms with E-state index in [-0.39, 0.29) is 23.0 Å². The highest BCUT2D eigenvalue weighted by molar-refractivity contribution is 7.99. The van der Waals surface area contributed by atoms with E-state index in [0.29, 0.717) is 23.0 Å². The standard InChI is InChI=1S/C16H14FN3O2S2/c17-12-3-1-11(2-4-12)8-18-14(21)10-23-9-13-7-15(22)20-5-6-24-16(20)19-13/h1-7H,8-10H2,(H,18,21). The molecule has 0 aliphatic heterocycles. The Balaban J connectivity index is 1.47. The molecule has 2 aromatic heterocycles. The highest BCUT2D eigenvalue weighted by Gasteiger charge is 2.06. The van der Waals surface area contributed by atoms with E-state index in [0.717, 1.165) is 5.56 Å². The van der Waals surface area contributed by atoms with Crippen molar-refractivity contribution in [3.63, 3.8) is 0 Å². The zero-order valence-corrected chi connectivity index (χ0v) is 14.2. The third kappa shape index (κ3) is 4.21. The molecule has 0 saturated heterocycles. The lowest BCUT2D eigenvalue weighted by Gasteiger charge is -2.05. The van der Waals surface area contributed by atoms with Crippen LogP contribution in [0.15, 0.2) is 46.7 Å². The molecule has 0 atom stereocenters. The molecule has 124 valence electrons. The molecule has 0 unspecified atom stereocenters. The number of thioether (sulfide) groups is 1. The molecule has 2 heterocycles. The Bertz CT molecular complexity index is 906. The van der Waals surface area contributed by atoms with Crippen molar-refractivity contribution < 1.29 is 9.18 Å². The van der Waals surface area contributed by atoms with Gasteiger partial charge in [0.2, 0.25) is 5.91 Å². The van der Waals surface area contributed by atoms with Gasteiger partial charge in [0.15, 0.2) is 4.96 Å². The quantitative estimate of drug-likeness (QED) is 0.731. The van der Waals surface area contributed by atoms with Crippen LogP contribution < -0.4 is 10.9 Å². The molecular weight excluding hydrogens is 349 g/mol. The van der Waals surface area contributed by atoms with Gasteiger partial charge in [-0.3, -0.25) is 14.0 Å². The van der Waals surface area contributed by atoms with Gasteiger partial charge in [-0.15, -0.1) is 23.1 Å². The Morgan fingerprint density at radius 1 is 1.33 bits per heavy atom. The van der Waals surface area contributed by atoms with E-state index in [4.69, 9.17) is 0 Å². The number of fused-ring (bicyclic) bond motifs is 1. The molecule has 0 aliphatic carbocycles. The maximum atomic E-state index is 12.8. The van der Waals surface area contributed by atoms with Crippen molar-refractivity contribution >= 4 is 34.0 Å². The molecule has 24 heavy (non-hydrogen) atoms. The summed E-state index contributed by atoms with van der Waals surface area (Å²) >= 11 is 2.79. The van der Waals surface area contributed by atoms with E-state index in [2.05, 4.69) is 10.3 Å². The first-order valence-corrected chi connectivity index (χ1v) is 9.20. The van der Waals surface area contributed by atoms with Crippen molar-refractivity contribution in [3.8, 4) is 0 Å². The van der Waals surface area contributed by atoms with Gasteiger partial charge in [-0.2, -0.15) is 0 Å². The molecule has 1 N–H and O–H groups in total. The molecule has 3 aromatic rings. The molecule has 3 rings (SSSR count). The lowest BCUT2D eigenvalue weighted by molar-refractivity contribution is -0.118. The second-order valence-corrected chi connectivity index (χ2v) is 6.90. The largest absolute Gasteiger partial charge is 0.351 e. The topological polar surface area (TPSA) is 63.5 Å². The van der Waals surface area contributed by atoms with Crippen LogP contribution in [0.1, 0.15) is 11.3 Å². The van der Waals surface area contributed by atoms with Gasteiger partial charge in [-0.1, -0.05) is 12.1 Å². The van der Waals surface area contributed by atoms with Gasteiger partial charge < -0.3 is 5.32 Å². The predicted molar refractivity (Wildman–Crippen MR) is 93.7 cm³/mol. The number of carbonyl (C=O) groups is 1. The zero-order chi connectivity index (χ0) is 16.9. The number of aromatic nitrogens is 2.